The number of aromatic nitrogens is 3. The number of hydrogen-bond acceptors (Lipinski definition) is 5. The molecule has 180 valence electrons. The lowest BCUT2D eigenvalue weighted by Crippen LogP contribution is -2.45. The summed E-state index contributed by atoms with van der Waals surface area (Å²) in [5.41, 5.74) is 2.08. The van der Waals surface area contributed by atoms with Crippen LogP contribution >= 0.6 is 11.8 Å². The molecule has 0 aliphatic carbocycles. The van der Waals surface area contributed by atoms with Crippen molar-refractivity contribution in [1.29, 1.82) is 0 Å². The van der Waals surface area contributed by atoms with Gasteiger partial charge in [0.2, 0.25) is 5.91 Å². The van der Waals surface area contributed by atoms with E-state index in [9.17, 15) is 4.79 Å². The van der Waals surface area contributed by atoms with Crippen LogP contribution in [0.4, 0.5) is 0 Å². The van der Waals surface area contributed by atoms with Gasteiger partial charge < -0.3 is 9.64 Å². The Morgan fingerprint density at radius 1 is 1.09 bits per heavy atom. The van der Waals surface area contributed by atoms with E-state index in [0.29, 0.717) is 30.7 Å². The minimum absolute atomic E-state index is 0.0586. The van der Waals surface area contributed by atoms with Gasteiger partial charge in [0.25, 0.3) is 0 Å². The van der Waals surface area contributed by atoms with Crippen molar-refractivity contribution < 1.29 is 9.53 Å². The van der Waals surface area contributed by atoms with Crippen LogP contribution in [0.25, 0.3) is 0 Å². The Morgan fingerprint density at radius 3 is 2.41 bits per heavy atom. The van der Waals surface area contributed by atoms with Crippen LogP contribution in [0.5, 0.6) is 5.75 Å². The van der Waals surface area contributed by atoms with Crippen molar-refractivity contribution in [3.05, 3.63) is 84.2 Å². The number of thioether (sulfide) groups is 1. The van der Waals surface area contributed by atoms with Gasteiger partial charge in [-0.3, -0.25) is 9.36 Å². The molecule has 0 saturated heterocycles. The summed E-state index contributed by atoms with van der Waals surface area (Å²) in [5, 5.41) is 9.33. The van der Waals surface area contributed by atoms with Crippen molar-refractivity contribution >= 4 is 17.7 Å². The molecule has 0 N–H and O–H groups in total. The highest BCUT2D eigenvalue weighted by Gasteiger charge is 2.27. The zero-order valence-corrected chi connectivity index (χ0v) is 21.3. The summed E-state index contributed by atoms with van der Waals surface area (Å²) in [7, 11) is 0. The fourth-order valence-corrected chi connectivity index (χ4v) is 4.33. The lowest BCUT2D eigenvalue weighted by atomic mass is 10.0. The second-order valence-electron chi connectivity index (χ2n) is 9.01. The lowest BCUT2D eigenvalue weighted by molar-refractivity contribution is -0.133. The largest absolute Gasteiger partial charge is 0.486 e. The summed E-state index contributed by atoms with van der Waals surface area (Å²) >= 11 is 1.39. The van der Waals surface area contributed by atoms with Crippen LogP contribution in [0, 0.1) is 0 Å². The second kappa shape index (κ2) is 11.9. The van der Waals surface area contributed by atoms with Gasteiger partial charge in [0.05, 0.1) is 5.75 Å². The molecule has 34 heavy (non-hydrogen) atoms. The maximum atomic E-state index is 13.2. The minimum atomic E-state index is -0.297. The topological polar surface area (TPSA) is 60.2 Å². The summed E-state index contributed by atoms with van der Waals surface area (Å²) < 4.78 is 7.87. The van der Waals surface area contributed by atoms with Crippen molar-refractivity contribution in [2.45, 2.75) is 64.5 Å². The number of aryl methyl sites for hydroxylation is 1. The molecule has 0 atom stereocenters. The van der Waals surface area contributed by atoms with Gasteiger partial charge in [-0.1, -0.05) is 67.2 Å². The SMILES string of the molecule is C=CCn1c(COc2ccc(CC)cc2)nnc1SCC(=O)N(Cc1ccccc1)C(C)(C)C. The Labute approximate surface area is 207 Å². The van der Waals surface area contributed by atoms with Gasteiger partial charge in [0.15, 0.2) is 11.0 Å². The van der Waals surface area contributed by atoms with Gasteiger partial charge in [-0.15, -0.1) is 16.8 Å². The first-order valence-corrected chi connectivity index (χ1v) is 12.5. The third-order valence-electron chi connectivity index (χ3n) is 5.42. The Kier molecular flexibility index (Phi) is 8.93. The molecule has 6 nitrogen and oxygen atoms in total. The Bertz CT molecular complexity index is 1070. The molecule has 0 aliphatic rings. The average molecular weight is 479 g/mol. The molecule has 0 saturated carbocycles. The molecule has 0 radical (unpaired) electrons. The monoisotopic (exact) mass is 478 g/mol. The van der Waals surface area contributed by atoms with Crippen LogP contribution in [0.15, 0.2) is 72.4 Å². The van der Waals surface area contributed by atoms with E-state index >= 15 is 0 Å². The van der Waals surface area contributed by atoms with Crippen molar-refractivity contribution in [1.82, 2.24) is 19.7 Å². The van der Waals surface area contributed by atoms with Crippen molar-refractivity contribution in [3.8, 4) is 5.75 Å². The Hall–Kier alpha value is -3.06. The zero-order valence-electron chi connectivity index (χ0n) is 20.5. The third kappa shape index (κ3) is 6.97. The van der Waals surface area contributed by atoms with Crippen LogP contribution in [-0.2, 0) is 30.9 Å². The molecular formula is C27H34N4O2S. The number of benzene rings is 2. The summed E-state index contributed by atoms with van der Waals surface area (Å²) in [4.78, 5) is 15.1. The molecule has 0 aliphatic heterocycles. The zero-order chi connectivity index (χ0) is 24.6. The highest BCUT2D eigenvalue weighted by atomic mass is 32.2. The van der Waals surface area contributed by atoms with Crippen molar-refractivity contribution in [2.24, 2.45) is 0 Å². The first-order chi connectivity index (χ1) is 16.3. The smallest absolute Gasteiger partial charge is 0.233 e. The van der Waals surface area contributed by atoms with Crippen LogP contribution in [0.2, 0.25) is 0 Å². The Balaban J connectivity index is 1.67. The molecule has 2 aromatic carbocycles. The molecule has 1 aromatic heterocycles. The normalized spacial score (nSPS) is 11.3. The average Bonchev–Trinajstić information content (AvgIpc) is 3.21. The fraction of sp³-hybridized carbons (Fsp3) is 0.370. The van der Waals surface area contributed by atoms with Gasteiger partial charge in [-0.25, -0.2) is 0 Å². The molecule has 1 heterocycles. The highest BCUT2D eigenvalue weighted by molar-refractivity contribution is 7.99. The molecule has 1 amide bonds. The maximum absolute atomic E-state index is 13.2. The number of ether oxygens (including phenoxy) is 1. The van der Waals surface area contributed by atoms with E-state index in [1.54, 1.807) is 6.08 Å². The lowest BCUT2D eigenvalue weighted by Gasteiger charge is -2.36. The van der Waals surface area contributed by atoms with Gasteiger partial charge in [-0.05, 0) is 50.5 Å². The number of nitrogens with zero attached hydrogens (tertiary/aromatic N) is 4. The predicted octanol–water partition coefficient (Wildman–Crippen LogP) is 5.52. The summed E-state index contributed by atoms with van der Waals surface area (Å²) in [6.45, 7) is 13.6. The maximum Gasteiger partial charge on any atom is 0.233 e. The molecule has 3 rings (SSSR count). The van der Waals surface area contributed by atoms with E-state index in [-0.39, 0.29) is 17.2 Å². The molecule has 7 heteroatoms. The van der Waals surface area contributed by atoms with Gasteiger partial charge in [0.1, 0.15) is 12.4 Å². The standard InChI is InChI=1S/C27H34N4O2S/c1-6-17-30-24(19-33-23-15-13-21(7-2)14-16-23)28-29-26(30)34-20-25(32)31(27(3,4)5)18-22-11-9-8-10-12-22/h6,8-16H,1,7,17-20H2,2-5H3. The van der Waals surface area contributed by atoms with Gasteiger partial charge >= 0.3 is 0 Å². The molecule has 3 aromatic rings. The first-order valence-electron chi connectivity index (χ1n) is 11.5. The number of amides is 1. The number of rotatable bonds is 11. The summed E-state index contributed by atoms with van der Waals surface area (Å²) in [5.74, 6) is 1.82. The number of carbonyl (C=O) groups excluding carboxylic acids is 1. The molecular weight excluding hydrogens is 444 g/mol. The van der Waals surface area contributed by atoms with Crippen LogP contribution in [0.1, 0.15) is 44.6 Å². The van der Waals surface area contributed by atoms with E-state index in [4.69, 9.17) is 4.74 Å². The summed E-state index contributed by atoms with van der Waals surface area (Å²) in [6.07, 6.45) is 2.79. The van der Waals surface area contributed by atoms with E-state index < -0.39 is 0 Å². The second-order valence-corrected chi connectivity index (χ2v) is 9.95. The third-order valence-corrected chi connectivity index (χ3v) is 6.38. The van der Waals surface area contributed by atoms with E-state index in [2.05, 4.69) is 56.6 Å². The van der Waals surface area contributed by atoms with Crippen LogP contribution < -0.4 is 4.74 Å². The Morgan fingerprint density at radius 2 is 1.79 bits per heavy atom. The van der Waals surface area contributed by atoms with Gasteiger partial charge in [0, 0.05) is 18.6 Å². The molecule has 0 fully saturated rings. The van der Waals surface area contributed by atoms with Crippen molar-refractivity contribution in [3.63, 3.8) is 0 Å². The highest BCUT2D eigenvalue weighted by Crippen LogP contribution is 2.23. The van der Waals surface area contributed by atoms with Crippen molar-refractivity contribution in [2.75, 3.05) is 5.75 Å². The minimum Gasteiger partial charge on any atom is -0.486 e. The van der Waals surface area contributed by atoms with Gasteiger partial charge in [-0.2, -0.15) is 0 Å². The predicted molar refractivity (Wildman–Crippen MR) is 138 cm³/mol. The number of carbonyl (C=O) groups is 1. The quantitative estimate of drug-likeness (QED) is 0.268. The number of hydrogen-bond donors (Lipinski definition) is 0. The first kappa shape index (κ1) is 25.6. The number of allylic oxidation sites excluding steroid dienone is 1. The molecule has 0 unspecified atom stereocenters. The van der Waals surface area contributed by atoms with Crippen LogP contribution in [0.3, 0.4) is 0 Å². The van der Waals surface area contributed by atoms with E-state index in [1.807, 2.05) is 51.9 Å². The molecule has 0 bridgehead atoms. The summed E-state index contributed by atoms with van der Waals surface area (Å²) in [6, 6.07) is 18.1. The fourth-order valence-electron chi connectivity index (χ4n) is 3.48. The van der Waals surface area contributed by atoms with E-state index in [0.717, 1.165) is 17.7 Å². The molecule has 0 spiro atoms. The van der Waals surface area contributed by atoms with Crippen LogP contribution in [-0.4, -0.2) is 36.9 Å². The van der Waals surface area contributed by atoms with E-state index in [1.165, 1.54) is 17.3 Å².